The molecule has 204 valence electrons. The van der Waals surface area contributed by atoms with E-state index < -0.39 is 35.3 Å². The van der Waals surface area contributed by atoms with Crippen LogP contribution in [0.25, 0.3) is 0 Å². The summed E-state index contributed by atoms with van der Waals surface area (Å²) in [5, 5.41) is 15.1. The zero-order valence-corrected chi connectivity index (χ0v) is 22.7. The van der Waals surface area contributed by atoms with E-state index in [4.69, 9.17) is 4.74 Å². The molecule has 2 heterocycles. The molecule has 1 fully saturated rings. The van der Waals surface area contributed by atoms with E-state index in [0.717, 1.165) is 11.1 Å². The Morgan fingerprint density at radius 3 is 2.23 bits per heavy atom. The van der Waals surface area contributed by atoms with Gasteiger partial charge in [0.25, 0.3) is 5.91 Å². The van der Waals surface area contributed by atoms with Crippen LogP contribution in [0.15, 0.2) is 108 Å². The number of fused-ring (bicyclic) bond motifs is 1. The van der Waals surface area contributed by atoms with Crippen molar-refractivity contribution < 1.29 is 24.2 Å². The van der Waals surface area contributed by atoms with E-state index in [2.05, 4.69) is 17.2 Å². The molecule has 0 bridgehead atoms. The number of anilines is 1. The lowest BCUT2D eigenvalue weighted by Gasteiger charge is -2.50. The van der Waals surface area contributed by atoms with Crippen molar-refractivity contribution in [2.45, 2.75) is 24.4 Å². The fourth-order valence-electron chi connectivity index (χ4n) is 4.70. The number of hydrogen-bond donors (Lipinski definition) is 3. The zero-order chi connectivity index (χ0) is 28.2. The highest BCUT2D eigenvalue weighted by Gasteiger charge is 2.54. The average molecular weight is 556 g/mol. The number of aromatic hydroxyl groups is 1. The summed E-state index contributed by atoms with van der Waals surface area (Å²) >= 11 is 1.46. The minimum Gasteiger partial charge on any atom is -0.506 e. The van der Waals surface area contributed by atoms with E-state index >= 15 is 0 Å². The van der Waals surface area contributed by atoms with Gasteiger partial charge in [-0.3, -0.25) is 14.5 Å². The normalized spacial score (nSPS) is 18.1. The minimum atomic E-state index is -0.794. The number of nitrogens with one attached hydrogen (secondary N) is 2. The van der Waals surface area contributed by atoms with E-state index in [0.29, 0.717) is 22.6 Å². The van der Waals surface area contributed by atoms with Crippen molar-refractivity contribution in [2.24, 2.45) is 0 Å². The topological polar surface area (TPSA) is 108 Å². The fraction of sp³-hybridized carbons (Fsp3) is 0.194. The van der Waals surface area contributed by atoms with Gasteiger partial charge in [-0.15, -0.1) is 11.8 Å². The molecule has 0 aliphatic carbocycles. The van der Waals surface area contributed by atoms with Gasteiger partial charge in [0.1, 0.15) is 22.9 Å². The summed E-state index contributed by atoms with van der Waals surface area (Å²) in [6, 6.07) is 24.7. The molecule has 2 amide bonds. The molecule has 0 spiro atoms. The van der Waals surface area contributed by atoms with Crippen molar-refractivity contribution in [3.63, 3.8) is 0 Å². The maximum Gasteiger partial charge on any atom is 0.356 e. The SMILES string of the molecule is C=C(C)C1=C(C(=O)OC(c2ccccc2)c2ccccc2)N2C(=O)C(NC(=O)CNc3ccccc3O)[C@H]2SC1. The van der Waals surface area contributed by atoms with Crippen LogP contribution < -0.4 is 10.6 Å². The number of ether oxygens (including phenoxy) is 1. The standard InChI is InChI=1S/C31H29N3O5S/c1-19(2)22-18-40-30-26(33-25(36)17-32-23-15-9-10-16-24(23)35)29(37)34(30)27(22)31(38)39-28(20-11-5-3-6-12-20)21-13-7-4-8-14-21/h3-16,26,28,30,32,35H,1,17-18H2,2H3,(H,33,36)/t26?,30-/m1/s1. The lowest BCUT2D eigenvalue weighted by atomic mass is 9.99. The van der Waals surface area contributed by atoms with Gasteiger partial charge in [0.2, 0.25) is 5.91 Å². The lowest BCUT2D eigenvalue weighted by molar-refractivity contribution is -0.154. The van der Waals surface area contributed by atoms with E-state index in [-0.39, 0.29) is 18.0 Å². The van der Waals surface area contributed by atoms with E-state index in [1.165, 1.54) is 22.7 Å². The highest BCUT2D eigenvalue weighted by atomic mass is 32.2. The Labute approximate surface area is 236 Å². The first-order valence-electron chi connectivity index (χ1n) is 12.8. The highest BCUT2D eigenvalue weighted by molar-refractivity contribution is 8.00. The second kappa shape index (κ2) is 11.7. The molecule has 1 saturated heterocycles. The lowest BCUT2D eigenvalue weighted by Crippen LogP contribution is -2.71. The van der Waals surface area contributed by atoms with Crippen molar-refractivity contribution in [3.8, 4) is 5.75 Å². The number of rotatable bonds is 9. The molecule has 0 radical (unpaired) electrons. The molecule has 40 heavy (non-hydrogen) atoms. The number of β-lactam (4-membered cyclic amide) rings is 1. The third kappa shape index (κ3) is 5.46. The molecular formula is C31H29N3O5S. The Morgan fingerprint density at radius 1 is 1.02 bits per heavy atom. The molecule has 5 rings (SSSR count). The number of nitrogens with zero attached hydrogens (tertiary/aromatic N) is 1. The summed E-state index contributed by atoms with van der Waals surface area (Å²) in [6.45, 7) is 5.69. The van der Waals surface area contributed by atoms with Gasteiger partial charge in [0.05, 0.1) is 12.2 Å². The van der Waals surface area contributed by atoms with Crippen LogP contribution in [0.1, 0.15) is 24.2 Å². The maximum atomic E-state index is 13.8. The summed E-state index contributed by atoms with van der Waals surface area (Å²) < 4.78 is 6.10. The fourth-order valence-corrected chi connectivity index (χ4v) is 6.16. The third-order valence-electron chi connectivity index (χ3n) is 6.77. The quantitative estimate of drug-likeness (QED) is 0.205. The number of phenols is 1. The van der Waals surface area contributed by atoms with Gasteiger partial charge in [-0.2, -0.15) is 0 Å². The number of phenolic OH excluding ortho intramolecular Hbond substituents is 1. The molecular weight excluding hydrogens is 526 g/mol. The highest BCUT2D eigenvalue weighted by Crippen LogP contribution is 2.43. The Bertz CT molecular complexity index is 1440. The number of allylic oxidation sites excluding steroid dienone is 1. The van der Waals surface area contributed by atoms with Crippen molar-refractivity contribution in [1.82, 2.24) is 10.2 Å². The van der Waals surface area contributed by atoms with Crippen LogP contribution in [0.2, 0.25) is 0 Å². The molecule has 8 nitrogen and oxygen atoms in total. The molecule has 9 heteroatoms. The predicted octanol–water partition coefficient (Wildman–Crippen LogP) is 4.37. The second-order valence-corrected chi connectivity index (χ2v) is 10.6. The van der Waals surface area contributed by atoms with Crippen LogP contribution in [0, 0.1) is 0 Å². The first kappa shape index (κ1) is 27.1. The van der Waals surface area contributed by atoms with Gasteiger partial charge < -0.3 is 20.5 Å². The van der Waals surface area contributed by atoms with Crippen molar-refractivity contribution >= 4 is 35.2 Å². The number of thioether (sulfide) groups is 1. The number of carbonyl (C=O) groups is 3. The van der Waals surface area contributed by atoms with Crippen LogP contribution in [0.3, 0.4) is 0 Å². The summed E-state index contributed by atoms with van der Waals surface area (Å²) in [5.74, 6) is -0.962. The maximum absolute atomic E-state index is 13.8. The van der Waals surface area contributed by atoms with Crippen molar-refractivity contribution in [1.29, 1.82) is 0 Å². The van der Waals surface area contributed by atoms with Gasteiger partial charge >= 0.3 is 5.97 Å². The minimum absolute atomic E-state index is 0.0222. The second-order valence-electron chi connectivity index (χ2n) is 9.54. The van der Waals surface area contributed by atoms with E-state index in [1.54, 1.807) is 25.1 Å². The Balaban J connectivity index is 1.34. The molecule has 2 aliphatic rings. The summed E-state index contributed by atoms with van der Waals surface area (Å²) in [4.78, 5) is 41.2. The molecule has 3 aromatic rings. The molecule has 2 atom stereocenters. The third-order valence-corrected chi connectivity index (χ3v) is 8.05. The molecule has 3 aromatic carbocycles. The number of carbonyl (C=O) groups excluding carboxylic acids is 3. The van der Waals surface area contributed by atoms with Crippen molar-refractivity contribution in [3.05, 3.63) is 119 Å². The summed E-state index contributed by atoms with van der Waals surface area (Å²) in [5.41, 5.74) is 3.50. The largest absolute Gasteiger partial charge is 0.506 e. The van der Waals surface area contributed by atoms with Gasteiger partial charge in [-0.1, -0.05) is 84.9 Å². The van der Waals surface area contributed by atoms with Crippen LogP contribution in [-0.4, -0.2) is 51.5 Å². The average Bonchev–Trinajstić information content (AvgIpc) is 2.98. The molecule has 3 N–H and O–H groups in total. The smallest absolute Gasteiger partial charge is 0.356 e. The summed E-state index contributed by atoms with van der Waals surface area (Å²) in [6.07, 6.45) is -0.672. The van der Waals surface area contributed by atoms with Crippen LogP contribution in [0.4, 0.5) is 5.69 Å². The van der Waals surface area contributed by atoms with Gasteiger partial charge in [-0.05, 0) is 35.8 Å². The van der Waals surface area contributed by atoms with Gasteiger partial charge in [-0.25, -0.2) is 4.79 Å². The number of benzene rings is 3. The molecule has 0 aromatic heterocycles. The Kier molecular flexibility index (Phi) is 7.93. The molecule has 0 saturated carbocycles. The number of para-hydroxylation sites is 2. The molecule has 1 unspecified atom stereocenters. The van der Waals surface area contributed by atoms with E-state index in [9.17, 15) is 19.5 Å². The van der Waals surface area contributed by atoms with Crippen LogP contribution in [0.5, 0.6) is 5.75 Å². The van der Waals surface area contributed by atoms with Crippen molar-refractivity contribution in [2.75, 3.05) is 17.6 Å². The molecule has 2 aliphatic heterocycles. The number of amides is 2. The number of hydrogen-bond acceptors (Lipinski definition) is 7. The Morgan fingerprint density at radius 2 is 1.62 bits per heavy atom. The monoisotopic (exact) mass is 555 g/mol. The van der Waals surface area contributed by atoms with E-state index in [1.807, 2.05) is 60.7 Å². The van der Waals surface area contributed by atoms with Gasteiger partial charge in [0, 0.05) is 5.75 Å². The number of esters is 1. The Hall–Kier alpha value is -4.50. The van der Waals surface area contributed by atoms with Crippen LogP contribution in [-0.2, 0) is 19.1 Å². The predicted molar refractivity (Wildman–Crippen MR) is 154 cm³/mol. The van der Waals surface area contributed by atoms with Crippen LogP contribution >= 0.6 is 11.8 Å². The zero-order valence-electron chi connectivity index (χ0n) is 21.9. The summed E-state index contributed by atoms with van der Waals surface area (Å²) in [7, 11) is 0. The first-order valence-corrected chi connectivity index (χ1v) is 13.9. The van der Waals surface area contributed by atoms with Gasteiger partial charge in [0.15, 0.2) is 6.10 Å². The first-order chi connectivity index (χ1) is 19.3.